The number of hydrogen-bond acceptors (Lipinski definition) is 5. The molecule has 0 saturated heterocycles. The Morgan fingerprint density at radius 1 is 0.852 bits per heavy atom. The molecule has 0 aliphatic rings. The van der Waals surface area contributed by atoms with Crippen LogP contribution in [0, 0.1) is 13.8 Å². The van der Waals surface area contributed by atoms with E-state index in [1.807, 2.05) is 0 Å². The predicted molar refractivity (Wildman–Crippen MR) is 105 cm³/mol. The lowest BCUT2D eigenvalue weighted by atomic mass is 10.00. The summed E-state index contributed by atoms with van der Waals surface area (Å²) in [5, 5.41) is 19.9. The second-order valence-electron chi connectivity index (χ2n) is 6.81. The number of rotatable bonds is 14. The summed E-state index contributed by atoms with van der Waals surface area (Å²) in [5.41, 5.74) is 0.902. The number of aromatic carboxylic acids is 1. The molecule has 0 unspecified atom stereocenters. The van der Waals surface area contributed by atoms with Gasteiger partial charge in [0.25, 0.3) is 0 Å². The highest BCUT2D eigenvalue weighted by Crippen LogP contribution is 2.44. The first-order valence-corrected chi connectivity index (χ1v) is 9.97. The Hall–Kier alpha value is -1.95. The van der Waals surface area contributed by atoms with E-state index in [1.54, 1.807) is 13.8 Å². The van der Waals surface area contributed by atoms with Gasteiger partial charge in [0, 0.05) is 0 Å². The van der Waals surface area contributed by atoms with Crippen molar-refractivity contribution in [2.24, 2.45) is 0 Å². The van der Waals surface area contributed by atoms with Crippen LogP contribution in [-0.2, 0) is 4.89 Å². The smallest absolute Gasteiger partial charge is 0.339 e. The van der Waals surface area contributed by atoms with E-state index < -0.39 is 11.7 Å². The van der Waals surface area contributed by atoms with Crippen molar-refractivity contribution >= 4 is 5.97 Å². The van der Waals surface area contributed by atoms with Gasteiger partial charge in [-0.1, -0.05) is 52.4 Å². The summed E-state index contributed by atoms with van der Waals surface area (Å²) < 4.78 is 5.85. The summed E-state index contributed by atoms with van der Waals surface area (Å²) in [6.07, 6.45) is 8.30. The molecule has 0 amide bonds. The van der Waals surface area contributed by atoms with Crippen molar-refractivity contribution in [1.82, 2.24) is 0 Å². The van der Waals surface area contributed by atoms with Gasteiger partial charge in [-0.15, -0.1) is 0 Å². The number of phenols is 1. The summed E-state index contributed by atoms with van der Waals surface area (Å²) >= 11 is 0. The quantitative estimate of drug-likeness (QED) is 0.249. The fourth-order valence-corrected chi connectivity index (χ4v) is 2.83. The molecule has 0 spiro atoms. The zero-order chi connectivity index (χ0) is 20.2. The SMILES string of the molecule is CCCCCCOOc1c(O)c(C(=O)O)c(C)c(C)c1OCCCCCC. The first-order valence-electron chi connectivity index (χ1n) is 9.97. The van der Waals surface area contributed by atoms with Gasteiger partial charge in [0.15, 0.2) is 11.5 Å². The Morgan fingerprint density at radius 2 is 1.44 bits per heavy atom. The lowest BCUT2D eigenvalue weighted by Crippen LogP contribution is -2.10. The van der Waals surface area contributed by atoms with Crippen LogP contribution >= 0.6 is 0 Å². The van der Waals surface area contributed by atoms with Gasteiger partial charge in [0.2, 0.25) is 5.75 Å². The number of carbonyl (C=O) groups is 1. The second-order valence-corrected chi connectivity index (χ2v) is 6.81. The van der Waals surface area contributed by atoms with Gasteiger partial charge < -0.3 is 19.8 Å². The zero-order valence-corrected chi connectivity index (χ0v) is 17.1. The summed E-state index contributed by atoms with van der Waals surface area (Å²) in [6, 6.07) is 0. The summed E-state index contributed by atoms with van der Waals surface area (Å²) in [6.45, 7) is 8.51. The van der Waals surface area contributed by atoms with Crippen molar-refractivity contribution in [3.8, 4) is 17.2 Å². The van der Waals surface area contributed by atoms with E-state index in [4.69, 9.17) is 14.5 Å². The molecule has 0 radical (unpaired) electrons. The van der Waals surface area contributed by atoms with E-state index in [2.05, 4.69) is 13.8 Å². The zero-order valence-electron chi connectivity index (χ0n) is 17.1. The molecule has 6 nitrogen and oxygen atoms in total. The highest BCUT2D eigenvalue weighted by atomic mass is 17.2. The summed E-state index contributed by atoms with van der Waals surface area (Å²) in [4.78, 5) is 22.1. The van der Waals surface area contributed by atoms with Crippen LogP contribution < -0.4 is 9.62 Å². The van der Waals surface area contributed by atoms with E-state index in [1.165, 1.54) is 0 Å². The number of carboxylic acids is 1. The molecule has 0 bridgehead atoms. The largest absolute Gasteiger partial charge is 0.503 e. The van der Waals surface area contributed by atoms with Gasteiger partial charge in [-0.3, -0.25) is 0 Å². The van der Waals surface area contributed by atoms with E-state index in [0.717, 1.165) is 51.4 Å². The average Bonchev–Trinajstić information content (AvgIpc) is 2.63. The lowest BCUT2D eigenvalue weighted by molar-refractivity contribution is -0.209. The molecular weight excluding hydrogens is 348 g/mol. The number of aromatic hydroxyl groups is 1. The van der Waals surface area contributed by atoms with Crippen molar-refractivity contribution in [3.63, 3.8) is 0 Å². The molecule has 2 N–H and O–H groups in total. The van der Waals surface area contributed by atoms with Crippen LogP contribution in [0.15, 0.2) is 0 Å². The monoisotopic (exact) mass is 382 g/mol. The number of benzene rings is 1. The van der Waals surface area contributed by atoms with Gasteiger partial charge in [0.05, 0.1) is 13.2 Å². The standard InChI is InChI=1S/C21H34O6/c1-5-7-9-11-13-25-19-16(4)15(3)17(21(23)24)18(22)20(19)27-26-14-12-10-8-6-2/h22H,5-14H2,1-4H3,(H,23,24). The summed E-state index contributed by atoms with van der Waals surface area (Å²) in [5.74, 6) is -1.38. The third kappa shape index (κ3) is 6.94. The Morgan fingerprint density at radius 3 is 2.00 bits per heavy atom. The van der Waals surface area contributed by atoms with Crippen molar-refractivity contribution in [2.75, 3.05) is 13.2 Å². The molecule has 0 saturated carbocycles. The van der Waals surface area contributed by atoms with E-state index >= 15 is 0 Å². The third-order valence-electron chi connectivity index (χ3n) is 4.62. The molecule has 1 aromatic rings. The predicted octanol–water partition coefficient (Wildman–Crippen LogP) is 5.56. The molecule has 0 fully saturated rings. The van der Waals surface area contributed by atoms with Gasteiger partial charge in [-0.25, -0.2) is 4.79 Å². The van der Waals surface area contributed by atoms with E-state index in [0.29, 0.717) is 30.1 Å². The molecule has 0 atom stereocenters. The molecule has 0 heterocycles. The van der Waals surface area contributed by atoms with Gasteiger partial charge in [0.1, 0.15) is 5.56 Å². The number of ether oxygens (including phenoxy) is 1. The third-order valence-corrected chi connectivity index (χ3v) is 4.62. The number of unbranched alkanes of at least 4 members (excludes halogenated alkanes) is 6. The fourth-order valence-electron chi connectivity index (χ4n) is 2.83. The Kier molecular flexibility index (Phi) is 10.6. The average molecular weight is 382 g/mol. The van der Waals surface area contributed by atoms with E-state index in [-0.39, 0.29) is 11.3 Å². The molecule has 0 aliphatic heterocycles. The Bertz CT molecular complexity index is 597. The van der Waals surface area contributed by atoms with Crippen molar-refractivity contribution < 1.29 is 29.5 Å². The maximum absolute atomic E-state index is 11.5. The molecule has 0 aromatic heterocycles. The highest BCUT2D eigenvalue weighted by Gasteiger charge is 2.27. The number of hydrogen-bond donors (Lipinski definition) is 2. The van der Waals surface area contributed by atoms with Crippen LogP contribution in [0.5, 0.6) is 17.2 Å². The van der Waals surface area contributed by atoms with Crippen LogP contribution in [-0.4, -0.2) is 29.4 Å². The van der Waals surface area contributed by atoms with Crippen molar-refractivity contribution in [1.29, 1.82) is 0 Å². The minimum Gasteiger partial charge on any atom is -0.503 e. The van der Waals surface area contributed by atoms with Gasteiger partial charge in [-0.05, 0) is 37.8 Å². The van der Waals surface area contributed by atoms with Crippen LogP contribution in [0.25, 0.3) is 0 Å². The first kappa shape index (κ1) is 23.1. The normalized spacial score (nSPS) is 10.8. The van der Waals surface area contributed by atoms with Crippen LogP contribution in [0.3, 0.4) is 0 Å². The minimum absolute atomic E-state index is 0.0542. The molecule has 27 heavy (non-hydrogen) atoms. The highest BCUT2D eigenvalue weighted by molar-refractivity contribution is 5.95. The van der Waals surface area contributed by atoms with Crippen molar-refractivity contribution in [2.45, 2.75) is 79.1 Å². The number of carboxylic acid groups (broad SMARTS) is 1. The Labute approximate surface area is 162 Å². The molecule has 154 valence electrons. The van der Waals surface area contributed by atoms with Crippen LogP contribution in [0.1, 0.15) is 86.7 Å². The maximum atomic E-state index is 11.5. The van der Waals surface area contributed by atoms with Crippen LogP contribution in [0.2, 0.25) is 0 Å². The van der Waals surface area contributed by atoms with Gasteiger partial charge >= 0.3 is 5.97 Å². The molecule has 0 aliphatic carbocycles. The lowest BCUT2D eigenvalue weighted by Gasteiger charge is -2.19. The van der Waals surface area contributed by atoms with Gasteiger partial charge in [-0.2, -0.15) is 4.89 Å². The molecular formula is C21H34O6. The van der Waals surface area contributed by atoms with Crippen molar-refractivity contribution in [3.05, 3.63) is 16.7 Å². The first-order chi connectivity index (χ1) is 13.0. The Balaban J connectivity index is 2.94. The maximum Gasteiger partial charge on any atom is 0.339 e. The van der Waals surface area contributed by atoms with Crippen LogP contribution in [0.4, 0.5) is 0 Å². The second kappa shape index (κ2) is 12.4. The molecule has 1 aromatic carbocycles. The van der Waals surface area contributed by atoms with E-state index in [9.17, 15) is 15.0 Å². The topological polar surface area (TPSA) is 85.2 Å². The molecule has 1 rings (SSSR count). The summed E-state index contributed by atoms with van der Waals surface area (Å²) in [7, 11) is 0. The minimum atomic E-state index is -1.21. The molecule has 6 heteroatoms. The fraction of sp³-hybridized carbons (Fsp3) is 0.667.